The molecular weight excluding hydrogens is 254 g/mol. The van der Waals surface area contributed by atoms with Crippen molar-refractivity contribution in [1.29, 1.82) is 0 Å². The van der Waals surface area contributed by atoms with Gasteiger partial charge in [0, 0.05) is 5.56 Å². The van der Waals surface area contributed by atoms with Crippen LogP contribution in [0.15, 0.2) is 24.3 Å². The molecule has 1 unspecified atom stereocenters. The topological polar surface area (TPSA) is 67.0 Å². The lowest BCUT2D eigenvalue weighted by Gasteiger charge is -2.25. The molecular formula is C15H17N3O2. The van der Waals surface area contributed by atoms with Crippen LogP contribution in [0.5, 0.6) is 5.75 Å². The molecule has 5 heteroatoms. The predicted octanol–water partition coefficient (Wildman–Crippen LogP) is 2.53. The highest BCUT2D eigenvalue weighted by Gasteiger charge is 2.28. The van der Waals surface area contributed by atoms with Crippen LogP contribution in [-0.4, -0.2) is 22.7 Å². The normalized spacial score (nSPS) is 17.2. The van der Waals surface area contributed by atoms with E-state index in [1.54, 1.807) is 0 Å². The third-order valence-electron chi connectivity index (χ3n) is 3.65. The summed E-state index contributed by atoms with van der Waals surface area (Å²) in [7, 11) is 0. The average Bonchev–Trinajstić information content (AvgIpc) is 2.78. The number of carbonyl (C=O) groups is 1. The lowest BCUT2D eigenvalue weighted by molar-refractivity contribution is -0.118. The zero-order valence-corrected chi connectivity index (χ0v) is 11.6. The van der Waals surface area contributed by atoms with Crippen molar-refractivity contribution in [2.24, 2.45) is 0 Å². The monoisotopic (exact) mass is 271 g/mol. The smallest absolute Gasteiger partial charge is 0.232 e. The number of nitrogens with zero attached hydrogens (tertiary/aromatic N) is 1. The Bertz CT molecular complexity index is 629. The van der Waals surface area contributed by atoms with E-state index in [1.165, 1.54) is 0 Å². The number of aromatic nitrogens is 2. The van der Waals surface area contributed by atoms with Gasteiger partial charge < -0.3 is 10.1 Å². The third-order valence-corrected chi connectivity index (χ3v) is 3.65. The van der Waals surface area contributed by atoms with Crippen LogP contribution in [0.25, 0.3) is 0 Å². The Hall–Kier alpha value is -2.30. The number of hydrogen-bond donors (Lipinski definition) is 2. The van der Waals surface area contributed by atoms with Crippen molar-refractivity contribution in [1.82, 2.24) is 10.2 Å². The number of rotatable bonds is 2. The minimum Gasteiger partial charge on any atom is -0.493 e. The molecule has 104 valence electrons. The van der Waals surface area contributed by atoms with Crippen molar-refractivity contribution < 1.29 is 9.53 Å². The molecule has 0 saturated carbocycles. The molecule has 5 nitrogen and oxygen atoms in total. The number of anilines is 1. The summed E-state index contributed by atoms with van der Waals surface area (Å²) in [6, 6.07) is 7.71. The summed E-state index contributed by atoms with van der Waals surface area (Å²) in [6.45, 7) is 4.34. The van der Waals surface area contributed by atoms with E-state index in [2.05, 4.69) is 15.5 Å². The van der Waals surface area contributed by atoms with E-state index in [1.807, 2.05) is 38.1 Å². The molecule has 20 heavy (non-hydrogen) atoms. The van der Waals surface area contributed by atoms with Gasteiger partial charge in [-0.05, 0) is 26.3 Å². The number of H-pyrrole nitrogens is 1. The SMILES string of the molecule is Cc1n[nH]c(C)c1NC(=O)C1CCOc2ccccc21. The second-order valence-electron chi connectivity index (χ2n) is 5.03. The van der Waals surface area contributed by atoms with Gasteiger partial charge in [0.1, 0.15) is 5.75 Å². The number of amides is 1. The van der Waals surface area contributed by atoms with Crippen molar-refractivity contribution in [3.05, 3.63) is 41.2 Å². The van der Waals surface area contributed by atoms with Gasteiger partial charge in [0.25, 0.3) is 0 Å². The van der Waals surface area contributed by atoms with Gasteiger partial charge in [-0.15, -0.1) is 0 Å². The summed E-state index contributed by atoms with van der Waals surface area (Å²) in [5.74, 6) is 0.626. The van der Waals surface area contributed by atoms with Crippen LogP contribution in [0, 0.1) is 13.8 Å². The summed E-state index contributed by atoms with van der Waals surface area (Å²) in [5.41, 5.74) is 3.40. The first-order valence-electron chi connectivity index (χ1n) is 6.71. The molecule has 1 amide bonds. The van der Waals surface area contributed by atoms with Gasteiger partial charge in [-0.25, -0.2) is 0 Å². The number of carbonyl (C=O) groups excluding carboxylic acids is 1. The average molecular weight is 271 g/mol. The molecule has 0 fully saturated rings. The molecule has 0 bridgehead atoms. The molecule has 1 aromatic heterocycles. The molecule has 1 aliphatic rings. The molecule has 1 aliphatic heterocycles. The van der Waals surface area contributed by atoms with Gasteiger partial charge >= 0.3 is 0 Å². The fraction of sp³-hybridized carbons (Fsp3) is 0.333. The summed E-state index contributed by atoms with van der Waals surface area (Å²) in [4.78, 5) is 12.5. The van der Waals surface area contributed by atoms with Gasteiger partial charge in [0.15, 0.2) is 0 Å². The highest BCUT2D eigenvalue weighted by molar-refractivity contribution is 5.97. The number of ether oxygens (including phenoxy) is 1. The lowest BCUT2D eigenvalue weighted by atomic mass is 9.92. The van der Waals surface area contributed by atoms with Crippen LogP contribution in [0.2, 0.25) is 0 Å². The molecule has 2 aromatic rings. The summed E-state index contributed by atoms with van der Waals surface area (Å²) in [6.07, 6.45) is 0.693. The fourth-order valence-corrected chi connectivity index (χ4v) is 2.56. The van der Waals surface area contributed by atoms with Gasteiger partial charge in [-0.3, -0.25) is 9.89 Å². The Morgan fingerprint density at radius 1 is 1.40 bits per heavy atom. The first-order valence-corrected chi connectivity index (χ1v) is 6.71. The highest BCUT2D eigenvalue weighted by Crippen LogP contribution is 2.34. The van der Waals surface area contributed by atoms with E-state index in [0.717, 1.165) is 28.4 Å². The Labute approximate surface area is 117 Å². The standard InChI is InChI=1S/C15H17N3O2/c1-9-14(10(2)18-17-9)16-15(19)12-7-8-20-13-6-4-3-5-11(12)13/h3-6,12H,7-8H2,1-2H3,(H,16,19)(H,17,18). The molecule has 1 atom stereocenters. The molecule has 0 saturated heterocycles. The van der Waals surface area contributed by atoms with Crippen LogP contribution in [0.3, 0.4) is 0 Å². The van der Waals surface area contributed by atoms with Crippen molar-refractivity contribution >= 4 is 11.6 Å². The number of hydrogen-bond acceptors (Lipinski definition) is 3. The van der Waals surface area contributed by atoms with Crippen molar-refractivity contribution in [3.63, 3.8) is 0 Å². The van der Waals surface area contributed by atoms with Crippen LogP contribution >= 0.6 is 0 Å². The van der Waals surface area contributed by atoms with Gasteiger partial charge in [0.05, 0.1) is 29.6 Å². The molecule has 2 N–H and O–H groups in total. The third kappa shape index (κ3) is 2.15. The molecule has 1 aromatic carbocycles. The largest absolute Gasteiger partial charge is 0.493 e. The number of nitrogens with one attached hydrogen (secondary N) is 2. The van der Waals surface area contributed by atoms with Gasteiger partial charge in [-0.1, -0.05) is 18.2 Å². The minimum absolute atomic E-state index is 0.00616. The van der Waals surface area contributed by atoms with E-state index in [-0.39, 0.29) is 11.8 Å². The van der Waals surface area contributed by atoms with Crippen LogP contribution in [-0.2, 0) is 4.79 Å². The lowest BCUT2D eigenvalue weighted by Crippen LogP contribution is -2.26. The fourth-order valence-electron chi connectivity index (χ4n) is 2.56. The van der Waals surface area contributed by atoms with Crippen molar-refractivity contribution in [2.75, 3.05) is 11.9 Å². The Balaban J connectivity index is 1.86. The first kappa shape index (κ1) is 12.7. The van der Waals surface area contributed by atoms with Crippen molar-refractivity contribution in [3.8, 4) is 5.75 Å². The first-order chi connectivity index (χ1) is 9.66. The molecule has 3 rings (SSSR count). The van der Waals surface area contributed by atoms with Crippen LogP contribution in [0.4, 0.5) is 5.69 Å². The Morgan fingerprint density at radius 3 is 2.95 bits per heavy atom. The van der Waals surface area contributed by atoms with Crippen LogP contribution < -0.4 is 10.1 Å². The van der Waals surface area contributed by atoms with E-state index in [4.69, 9.17) is 4.74 Å². The Morgan fingerprint density at radius 2 is 2.20 bits per heavy atom. The van der Waals surface area contributed by atoms with Crippen LogP contribution in [0.1, 0.15) is 29.3 Å². The van der Waals surface area contributed by atoms with E-state index in [0.29, 0.717) is 13.0 Å². The van der Waals surface area contributed by atoms with Crippen molar-refractivity contribution in [2.45, 2.75) is 26.2 Å². The maximum atomic E-state index is 12.5. The summed E-state index contributed by atoms with van der Waals surface area (Å²) in [5, 5.41) is 9.95. The summed E-state index contributed by atoms with van der Waals surface area (Å²) < 4.78 is 5.59. The molecule has 2 heterocycles. The van der Waals surface area contributed by atoms with E-state index in [9.17, 15) is 4.79 Å². The highest BCUT2D eigenvalue weighted by atomic mass is 16.5. The molecule has 0 spiro atoms. The second kappa shape index (κ2) is 5.00. The number of aromatic amines is 1. The van der Waals surface area contributed by atoms with Gasteiger partial charge in [0.2, 0.25) is 5.91 Å². The quantitative estimate of drug-likeness (QED) is 0.882. The zero-order chi connectivity index (χ0) is 14.1. The van der Waals surface area contributed by atoms with E-state index >= 15 is 0 Å². The number of aryl methyl sites for hydroxylation is 2. The van der Waals surface area contributed by atoms with Gasteiger partial charge in [-0.2, -0.15) is 5.10 Å². The number of benzene rings is 1. The molecule has 0 aliphatic carbocycles. The zero-order valence-electron chi connectivity index (χ0n) is 11.6. The number of para-hydroxylation sites is 1. The van der Waals surface area contributed by atoms with E-state index < -0.39 is 0 Å². The summed E-state index contributed by atoms with van der Waals surface area (Å²) >= 11 is 0. The second-order valence-corrected chi connectivity index (χ2v) is 5.03. The Kier molecular flexibility index (Phi) is 3.18. The maximum Gasteiger partial charge on any atom is 0.232 e. The minimum atomic E-state index is -0.173. The maximum absolute atomic E-state index is 12.5. The number of fused-ring (bicyclic) bond motifs is 1. The molecule has 0 radical (unpaired) electrons. The predicted molar refractivity (Wildman–Crippen MR) is 76.0 cm³/mol.